The maximum Gasteiger partial charge on any atom is 0.179 e. The fourth-order valence-corrected chi connectivity index (χ4v) is 2.04. The fourth-order valence-electron chi connectivity index (χ4n) is 2.04. The molecule has 3 heteroatoms. The van der Waals surface area contributed by atoms with Crippen molar-refractivity contribution in [2.24, 2.45) is 5.41 Å². The first-order valence-corrected chi connectivity index (χ1v) is 6.34. The Morgan fingerprint density at radius 3 is 2.00 bits per heavy atom. The SMILES string of the molecule is CC(C)(C(=O)c1ccccc1)C(=O)c1ccccc1F. The molecular weight excluding hydrogens is 255 g/mol. The van der Waals surface area contributed by atoms with Crippen molar-refractivity contribution in [3.63, 3.8) is 0 Å². The van der Waals surface area contributed by atoms with Crippen molar-refractivity contribution >= 4 is 11.6 Å². The first-order valence-electron chi connectivity index (χ1n) is 6.34. The summed E-state index contributed by atoms with van der Waals surface area (Å²) in [6, 6.07) is 14.3. The number of hydrogen-bond donors (Lipinski definition) is 0. The molecule has 0 saturated carbocycles. The Bertz CT molecular complexity index is 645. The van der Waals surface area contributed by atoms with Crippen molar-refractivity contribution in [2.45, 2.75) is 13.8 Å². The summed E-state index contributed by atoms with van der Waals surface area (Å²) in [5.41, 5.74) is -0.909. The van der Waals surface area contributed by atoms with Crippen LogP contribution in [0.15, 0.2) is 54.6 Å². The van der Waals surface area contributed by atoms with Gasteiger partial charge in [0, 0.05) is 5.56 Å². The van der Waals surface area contributed by atoms with Crippen molar-refractivity contribution in [1.82, 2.24) is 0 Å². The van der Waals surface area contributed by atoms with Crippen molar-refractivity contribution in [3.05, 3.63) is 71.5 Å². The van der Waals surface area contributed by atoms with E-state index in [0.29, 0.717) is 5.56 Å². The number of benzene rings is 2. The lowest BCUT2D eigenvalue weighted by Gasteiger charge is -2.22. The normalized spacial score (nSPS) is 11.2. The standard InChI is InChI=1S/C17H15FO2/c1-17(2,15(19)12-8-4-3-5-9-12)16(20)13-10-6-7-11-14(13)18/h3-11H,1-2H3. The van der Waals surface area contributed by atoms with Gasteiger partial charge in [0.05, 0.1) is 11.0 Å². The Hall–Kier alpha value is -2.29. The van der Waals surface area contributed by atoms with Gasteiger partial charge in [0.15, 0.2) is 11.6 Å². The molecule has 0 spiro atoms. The van der Waals surface area contributed by atoms with Crippen molar-refractivity contribution < 1.29 is 14.0 Å². The van der Waals surface area contributed by atoms with Crippen molar-refractivity contribution in [1.29, 1.82) is 0 Å². The summed E-state index contributed by atoms with van der Waals surface area (Å²) in [7, 11) is 0. The monoisotopic (exact) mass is 270 g/mol. The van der Waals surface area contributed by atoms with Gasteiger partial charge in [-0.3, -0.25) is 9.59 Å². The molecule has 2 aromatic rings. The minimum atomic E-state index is -1.30. The van der Waals surface area contributed by atoms with E-state index in [4.69, 9.17) is 0 Å². The molecule has 0 aliphatic carbocycles. The quantitative estimate of drug-likeness (QED) is 0.623. The first-order chi connectivity index (χ1) is 9.44. The molecule has 2 nitrogen and oxygen atoms in total. The van der Waals surface area contributed by atoms with Gasteiger partial charge in [-0.2, -0.15) is 0 Å². The molecule has 20 heavy (non-hydrogen) atoms. The maximum atomic E-state index is 13.7. The number of Topliss-reactive ketones (excluding diaryl/α,β-unsaturated/α-hetero) is 2. The molecule has 0 fully saturated rings. The smallest absolute Gasteiger partial charge is 0.179 e. The maximum absolute atomic E-state index is 13.7. The predicted molar refractivity (Wildman–Crippen MR) is 75.3 cm³/mol. The average Bonchev–Trinajstić information content (AvgIpc) is 2.47. The van der Waals surface area contributed by atoms with Crippen LogP contribution in [0.5, 0.6) is 0 Å². The lowest BCUT2D eigenvalue weighted by molar-refractivity contribution is 0.0709. The van der Waals surface area contributed by atoms with Crippen LogP contribution in [0.4, 0.5) is 4.39 Å². The van der Waals surface area contributed by atoms with Gasteiger partial charge >= 0.3 is 0 Å². The molecule has 0 aromatic heterocycles. The van der Waals surface area contributed by atoms with Crippen LogP contribution in [0.25, 0.3) is 0 Å². The van der Waals surface area contributed by atoms with Crippen LogP contribution < -0.4 is 0 Å². The van der Waals surface area contributed by atoms with Gasteiger partial charge in [0.25, 0.3) is 0 Å². The summed E-state index contributed by atoms with van der Waals surface area (Å²) >= 11 is 0. The summed E-state index contributed by atoms with van der Waals surface area (Å²) in [6.45, 7) is 3.05. The van der Waals surface area contributed by atoms with Gasteiger partial charge in [0.2, 0.25) is 0 Å². The second-order valence-corrected chi connectivity index (χ2v) is 5.13. The summed E-state index contributed by atoms with van der Waals surface area (Å²) in [4.78, 5) is 24.9. The largest absolute Gasteiger partial charge is 0.293 e. The number of rotatable bonds is 4. The van der Waals surface area contributed by atoms with Crippen LogP contribution in [0, 0.1) is 11.2 Å². The lowest BCUT2D eigenvalue weighted by atomic mass is 9.78. The van der Waals surface area contributed by atoms with Crippen LogP contribution >= 0.6 is 0 Å². The molecule has 0 aliphatic rings. The Morgan fingerprint density at radius 2 is 1.40 bits per heavy atom. The van der Waals surface area contributed by atoms with E-state index < -0.39 is 17.0 Å². The van der Waals surface area contributed by atoms with E-state index in [1.165, 1.54) is 32.0 Å². The van der Waals surface area contributed by atoms with Gasteiger partial charge in [-0.25, -0.2) is 4.39 Å². The third kappa shape index (κ3) is 2.52. The van der Waals surface area contributed by atoms with Gasteiger partial charge < -0.3 is 0 Å². The highest BCUT2D eigenvalue weighted by Gasteiger charge is 2.37. The third-order valence-electron chi connectivity index (χ3n) is 3.29. The van der Waals surface area contributed by atoms with Crippen molar-refractivity contribution in [2.75, 3.05) is 0 Å². The first kappa shape index (κ1) is 14.1. The summed E-state index contributed by atoms with van der Waals surface area (Å²) in [6.07, 6.45) is 0. The minimum absolute atomic E-state index is 0.0539. The highest BCUT2D eigenvalue weighted by atomic mass is 19.1. The van der Waals surface area contributed by atoms with E-state index in [1.54, 1.807) is 36.4 Å². The molecule has 0 saturated heterocycles. The number of ketones is 2. The zero-order valence-corrected chi connectivity index (χ0v) is 11.4. The van der Waals surface area contributed by atoms with Crippen LogP contribution in [0.2, 0.25) is 0 Å². The Balaban J connectivity index is 2.38. The molecule has 0 aliphatic heterocycles. The van der Waals surface area contributed by atoms with E-state index in [9.17, 15) is 14.0 Å². The summed E-state index contributed by atoms with van der Waals surface area (Å²) < 4.78 is 13.7. The van der Waals surface area contributed by atoms with E-state index >= 15 is 0 Å². The molecule has 0 heterocycles. The zero-order valence-electron chi connectivity index (χ0n) is 11.4. The number of carbonyl (C=O) groups is 2. The van der Waals surface area contributed by atoms with Gasteiger partial charge in [0.1, 0.15) is 5.82 Å². The number of carbonyl (C=O) groups excluding carboxylic acids is 2. The van der Waals surface area contributed by atoms with E-state index in [2.05, 4.69) is 0 Å². The number of halogens is 1. The highest BCUT2D eigenvalue weighted by Crippen LogP contribution is 2.27. The highest BCUT2D eigenvalue weighted by molar-refractivity contribution is 6.19. The van der Waals surface area contributed by atoms with Gasteiger partial charge in [-0.15, -0.1) is 0 Å². The zero-order chi connectivity index (χ0) is 14.8. The van der Waals surface area contributed by atoms with Gasteiger partial charge in [-0.1, -0.05) is 42.5 Å². The molecule has 0 radical (unpaired) electrons. The van der Waals surface area contributed by atoms with Crippen LogP contribution in [0.3, 0.4) is 0 Å². The van der Waals surface area contributed by atoms with Crippen LogP contribution in [-0.2, 0) is 0 Å². The lowest BCUT2D eigenvalue weighted by Crippen LogP contribution is -2.34. The molecule has 0 amide bonds. The van der Waals surface area contributed by atoms with Crippen LogP contribution in [-0.4, -0.2) is 11.6 Å². The van der Waals surface area contributed by atoms with E-state index in [-0.39, 0.29) is 11.3 Å². The molecule has 2 aromatic carbocycles. The van der Waals surface area contributed by atoms with E-state index in [0.717, 1.165) is 0 Å². The Labute approximate surface area is 117 Å². The summed E-state index contributed by atoms with van der Waals surface area (Å²) in [5, 5.41) is 0. The van der Waals surface area contributed by atoms with Crippen molar-refractivity contribution in [3.8, 4) is 0 Å². The van der Waals surface area contributed by atoms with Gasteiger partial charge in [-0.05, 0) is 26.0 Å². The summed E-state index contributed by atoms with van der Waals surface area (Å²) in [5.74, 6) is -1.43. The van der Waals surface area contributed by atoms with Crippen LogP contribution in [0.1, 0.15) is 34.6 Å². The Morgan fingerprint density at radius 1 is 0.850 bits per heavy atom. The molecule has 0 N–H and O–H groups in total. The van der Waals surface area contributed by atoms with E-state index in [1.807, 2.05) is 0 Å². The molecule has 102 valence electrons. The average molecular weight is 270 g/mol. The number of hydrogen-bond acceptors (Lipinski definition) is 2. The molecule has 0 unspecified atom stereocenters. The second kappa shape index (κ2) is 5.37. The third-order valence-corrected chi connectivity index (χ3v) is 3.29. The molecule has 2 rings (SSSR count). The second-order valence-electron chi connectivity index (χ2n) is 5.13. The minimum Gasteiger partial charge on any atom is -0.293 e. The Kier molecular flexibility index (Phi) is 3.79. The molecule has 0 bridgehead atoms. The molecular formula is C17H15FO2. The topological polar surface area (TPSA) is 34.1 Å². The fraction of sp³-hybridized carbons (Fsp3) is 0.176. The molecule has 0 atom stereocenters. The predicted octanol–water partition coefficient (Wildman–Crippen LogP) is 3.92.